The molecule has 1 fully saturated rings. The molecule has 1 aliphatic heterocycles. The minimum atomic E-state index is 0.405. The van der Waals surface area contributed by atoms with Crippen molar-refractivity contribution in [3.63, 3.8) is 0 Å². The molecule has 0 aliphatic carbocycles. The van der Waals surface area contributed by atoms with Crippen LogP contribution in [0.1, 0.15) is 42.9 Å². The molecule has 2 heterocycles. The van der Waals surface area contributed by atoms with Gasteiger partial charge >= 0.3 is 0 Å². The number of hydrogen-bond acceptors (Lipinski definition) is 3. The summed E-state index contributed by atoms with van der Waals surface area (Å²) in [6.45, 7) is 7.44. The molecule has 1 saturated heterocycles. The number of rotatable bonds is 4. The van der Waals surface area contributed by atoms with Gasteiger partial charge in [-0.05, 0) is 63.6 Å². The fourth-order valence-electron chi connectivity index (χ4n) is 2.48. The molecule has 2 rings (SSSR count). The standard InChI is InChI=1S/C14H23NOS/c1-10-8-14(12(3)16-10)11(2)15-9-13-4-6-17-7-5-13/h8,11,13,15H,4-7,9H2,1-3H3. The third-order valence-corrected chi connectivity index (χ3v) is 4.65. The average Bonchev–Trinajstić information content (AvgIpc) is 2.67. The lowest BCUT2D eigenvalue weighted by atomic mass is 10.0. The highest BCUT2D eigenvalue weighted by molar-refractivity contribution is 7.99. The summed E-state index contributed by atoms with van der Waals surface area (Å²) in [5, 5.41) is 3.65. The molecule has 96 valence electrons. The second-order valence-electron chi connectivity index (χ2n) is 5.05. The van der Waals surface area contributed by atoms with E-state index in [0.29, 0.717) is 6.04 Å². The van der Waals surface area contributed by atoms with Gasteiger partial charge in [-0.1, -0.05) is 0 Å². The van der Waals surface area contributed by atoms with Gasteiger partial charge in [0.15, 0.2) is 0 Å². The minimum Gasteiger partial charge on any atom is -0.466 e. The SMILES string of the molecule is Cc1cc(C(C)NCC2CCSCC2)c(C)o1. The molecule has 0 radical (unpaired) electrons. The van der Waals surface area contributed by atoms with E-state index >= 15 is 0 Å². The van der Waals surface area contributed by atoms with E-state index in [1.54, 1.807) is 0 Å². The van der Waals surface area contributed by atoms with Crippen molar-refractivity contribution in [2.24, 2.45) is 5.92 Å². The topological polar surface area (TPSA) is 25.2 Å². The molecule has 3 heteroatoms. The lowest BCUT2D eigenvalue weighted by Crippen LogP contribution is -2.28. The van der Waals surface area contributed by atoms with Gasteiger partial charge in [0.05, 0.1) is 0 Å². The van der Waals surface area contributed by atoms with Gasteiger partial charge in [0.1, 0.15) is 11.5 Å². The van der Waals surface area contributed by atoms with Crippen molar-refractivity contribution >= 4 is 11.8 Å². The quantitative estimate of drug-likeness (QED) is 0.886. The first-order valence-corrected chi connectivity index (χ1v) is 7.70. The van der Waals surface area contributed by atoms with Gasteiger partial charge in [-0.2, -0.15) is 11.8 Å². The molecule has 1 aromatic heterocycles. The molecule has 1 atom stereocenters. The number of thioether (sulfide) groups is 1. The number of aryl methyl sites for hydroxylation is 2. The molecule has 2 nitrogen and oxygen atoms in total. The minimum absolute atomic E-state index is 0.405. The summed E-state index contributed by atoms with van der Waals surface area (Å²) in [6, 6.07) is 2.56. The zero-order chi connectivity index (χ0) is 12.3. The largest absolute Gasteiger partial charge is 0.466 e. The van der Waals surface area contributed by atoms with Crippen LogP contribution in [0.2, 0.25) is 0 Å². The first-order valence-electron chi connectivity index (χ1n) is 6.55. The van der Waals surface area contributed by atoms with E-state index < -0.39 is 0 Å². The lowest BCUT2D eigenvalue weighted by molar-refractivity contribution is 0.417. The van der Waals surface area contributed by atoms with Crippen LogP contribution in [0.3, 0.4) is 0 Å². The van der Waals surface area contributed by atoms with Crippen LogP contribution in [0, 0.1) is 19.8 Å². The molecule has 1 N–H and O–H groups in total. The van der Waals surface area contributed by atoms with E-state index in [9.17, 15) is 0 Å². The van der Waals surface area contributed by atoms with Gasteiger partial charge in [-0.25, -0.2) is 0 Å². The van der Waals surface area contributed by atoms with Crippen LogP contribution in [-0.2, 0) is 0 Å². The summed E-state index contributed by atoms with van der Waals surface area (Å²) < 4.78 is 5.58. The van der Waals surface area contributed by atoms with Gasteiger partial charge in [-0.3, -0.25) is 0 Å². The van der Waals surface area contributed by atoms with Gasteiger partial charge < -0.3 is 9.73 Å². The van der Waals surface area contributed by atoms with Crippen molar-refractivity contribution in [3.8, 4) is 0 Å². The molecule has 17 heavy (non-hydrogen) atoms. The predicted molar refractivity (Wildman–Crippen MR) is 74.6 cm³/mol. The Bertz CT molecular complexity index is 355. The van der Waals surface area contributed by atoms with Gasteiger partial charge in [0, 0.05) is 11.6 Å². The van der Waals surface area contributed by atoms with Crippen molar-refractivity contribution in [1.82, 2.24) is 5.32 Å². The van der Waals surface area contributed by atoms with Crippen molar-refractivity contribution in [3.05, 3.63) is 23.2 Å². The molecule has 1 aliphatic rings. The van der Waals surface area contributed by atoms with Crippen LogP contribution in [-0.4, -0.2) is 18.1 Å². The van der Waals surface area contributed by atoms with Crippen LogP contribution < -0.4 is 5.32 Å². The molecule has 0 saturated carbocycles. The van der Waals surface area contributed by atoms with E-state index in [4.69, 9.17) is 4.42 Å². The fraction of sp³-hybridized carbons (Fsp3) is 0.714. The molecular weight excluding hydrogens is 230 g/mol. The normalized spacial score (nSPS) is 19.5. The van der Waals surface area contributed by atoms with Gasteiger partial charge in [0.2, 0.25) is 0 Å². The van der Waals surface area contributed by atoms with Crippen molar-refractivity contribution in [2.45, 2.75) is 39.7 Å². The zero-order valence-corrected chi connectivity index (χ0v) is 11.9. The van der Waals surface area contributed by atoms with Crippen LogP contribution in [0.5, 0.6) is 0 Å². The lowest BCUT2D eigenvalue weighted by Gasteiger charge is -2.23. The van der Waals surface area contributed by atoms with E-state index in [1.165, 1.54) is 29.9 Å². The highest BCUT2D eigenvalue weighted by Gasteiger charge is 2.16. The van der Waals surface area contributed by atoms with E-state index in [-0.39, 0.29) is 0 Å². The van der Waals surface area contributed by atoms with Crippen molar-refractivity contribution in [1.29, 1.82) is 0 Å². The Hall–Kier alpha value is -0.410. The van der Waals surface area contributed by atoms with Crippen molar-refractivity contribution < 1.29 is 4.42 Å². The van der Waals surface area contributed by atoms with Gasteiger partial charge in [-0.15, -0.1) is 0 Å². The maximum absolute atomic E-state index is 5.58. The van der Waals surface area contributed by atoms with E-state index in [1.807, 2.05) is 6.92 Å². The highest BCUT2D eigenvalue weighted by atomic mass is 32.2. The summed E-state index contributed by atoms with van der Waals surface area (Å²) in [5.74, 6) is 5.61. The number of furan rings is 1. The summed E-state index contributed by atoms with van der Waals surface area (Å²) in [5.41, 5.74) is 1.31. The van der Waals surface area contributed by atoms with Gasteiger partial charge in [0.25, 0.3) is 0 Å². The Morgan fingerprint density at radius 3 is 2.71 bits per heavy atom. The Labute approximate surface area is 109 Å². The molecular formula is C14H23NOS. The summed E-state index contributed by atoms with van der Waals surface area (Å²) in [6.07, 6.45) is 2.74. The Balaban J connectivity index is 1.84. The Morgan fingerprint density at radius 2 is 2.12 bits per heavy atom. The van der Waals surface area contributed by atoms with E-state index in [2.05, 4.69) is 37.0 Å². The van der Waals surface area contributed by atoms with Crippen molar-refractivity contribution in [2.75, 3.05) is 18.1 Å². The summed E-state index contributed by atoms with van der Waals surface area (Å²) in [4.78, 5) is 0. The summed E-state index contributed by atoms with van der Waals surface area (Å²) >= 11 is 2.09. The monoisotopic (exact) mass is 253 g/mol. The molecule has 1 aromatic rings. The molecule has 0 aromatic carbocycles. The Morgan fingerprint density at radius 1 is 1.41 bits per heavy atom. The Kier molecular flexibility index (Phi) is 4.57. The molecule has 0 amide bonds. The van der Waals surface area contributed by atoms with Crippen LogP contribution in [0.25, 0.3) is 0 Å². The number of hydrogen-bond donors (Lipinski definition) is 1. The van der Waals surface area contributed by atoms with E-state index in [0.717, 1.165) is 24.0 Å². The number of nitrogens with one attached hydrogen (secondary N) is 1. The first kappa shape index (κ1) is 13.0. The second kappa shape index (κ2) is 5.96. The van der Waals surface area contributed by atoms with Crippen LogP contribution in [0.4, 0.5) is 0 Å². The molecule has 1 unspecified atom stereocenters. The zero-order valence-electron chi connectivity index (χ0n) is 11.1. The first-order chi connectivity index (χ1) is 8.16. The maximum Gasteiger partial charge on any atom is 0.105 e. The molecule has 0 spiro atoms. The predicted octanol–water partition coefficient (Wildman–Crippen LogP) is 3.69. The second-order valence-corrected chi connectivity index (χ2v) is 6.28. The van der Waals surface area contributed by atoms with Crippen LogP contribution >= 0.6 is 11.8 Å². The maximum atomic E-state index is 5.58. The molecule has 0 bridgehead atoms. The smallest absolute Gasteiger partial charge is 0.105 e. The third-order valence-electron chi connectivity index (χ3n) is 3.60. The summed E-state index contributed by atoms with van der Waals surface area (Å²) in [7, 11) is 0. The fourth-order valence-corrected chi connectivity index (χ4v) is 3.69. The third kappa shape index (κ3) is 3.52. The highest BCUT2D eigenvalue weighted by Crippen LogP contribution is 2.24. The average molecular weight is 253 g/mol. The van der Waals surface area contributed by atoms with Crippen LogP contribution in [0.15, 0.2) is 10.5 Å².